The van der Waals surface area contributed by atoms with Gasteiger partial charge in [0, 0.05) is 43.4 Å². The van der Waals surface area contributed by atoms with E-state index in [1.54, 1.807) is 0 Å². The van der Waals surface area contributed by atoms with E-state index in [-0.39, 0.29) is 5.91 Å². The molecule has 2 aromatic carbocycles. The van der Waals surface area contributed by atoms with Gasteiger partial charge in [0.2, 0.25) is 5.91 Å². The zero-order chi connectivity index (χ0) is 19.6. The molecule has 2 aliphatic rings. The Morgan fingerprint density at radius 1 is 1.07 bits per heavy atom. The molecule has 1 amide bonds. The molecule has 1 saturated heterocycles. The van der Waals surface area contributed by atoms with E-state index >= 15 is 0 Å². The maximum atomic E-state index is 13.2. The third-order valence-corrected chi connectivity index (χ3v) is 6.53. The van der Waals surface area contributed by atoms with Crippen LogP contribution in [0.1, 0.15) is 30.4 Å². The predicted octanol–water partition coefficient (Wildman–Crippen LogP) is 3.83. The van der Waals surface area contributed by atoms with Crippen LogP contribution in [0, 0.1) is 0 Å². The van der Waals surface area contributed by atoms with Crippen LogP contribution in [0.5, 0.6) is 0 Å². The lowest BCUT2D eigenvalue weighted by atomic mass is 9.64. The number of hydrogen-bond acceptors (Lipinski definition) is 3. The minimum Gasteiger partial charge on any atom is -0.369 e. The zero-order valence-electron chi connectivity index (χ0n) is 16.5. The zero-order valence-corrected chi connectivity index (χ0v) is 17.2. The van der Waals surface area contributed by atoms with Crippen LogP contribution in [0.2, 0.25) is 5.02 Å². The van der Waals surface area contributed by atoms with Gasteiger partial charge in [-0.3, -0.25) is 4.79 Å². The van der Waals surface area contributed by atoms with Crippen molar-refractivity contribution in [1.29, 1.82) is 0 Å². The topological polar surface area (TPSA) is 35.6 Å². The second-order valence-electron chi connectivity index (χ2n) is 8.05. The number of rotatable bonds is 5. The number of nitrogens with one attached hydrogen (secondary N) is 1. The summed E-state index contributed by atoms with van der Waals surface area (Å²) in [5.41, 5.74) is 3.03. The largest absolute Gasteiger partial charge is 0.369 e. The molecule has 4 rings (SSSR count). The Morgan fingerprint density at radius 2 is 1.82 bits per heavy atom. The molecule has 1 heterocycles. The third-order valence-electron chi connectivity index (χ3n) is 6.29. The smallest absolute Gasteiger partial charge is 0.230 e. The highest BCUT2D eigenvalue weighted by Crippen LogP contribution is 2.44. The summed E-state index contributed by atoms with van der Waals surface area (Å²) in [6.45, 7) is 4.74. The highest BCUT2D eigenvalue weighted by molar-refractivity contribution is 6.30. The fourth-order valence-electron chi connectivity index (χ4n) is 4.32. The molecule has 0 bridgehead atoms. The van der Waals surface area contributed by atoms with E-state index in [0.717, 1.165) is 51.0 Å². The summed E-state index contributed by atoms with van der Waals surface area (Å²) >= 11 is 6.19. The van der Waals surface area contributed by atoms with Gasteiger partial charge in [-0.15, -0.1) is 0 Å². The first-order valence-electron chi connectivity index (χ1n) is 10.1. The number of anilines is 1. The van der Waals surface area contributed by atoms with Crippen LogP contribution in [0.4, 0.5) is 5.69 Å². The van der Waals surface area contributed by atoms with Crippen LogP contribution in [-0.2, 0) is 16.8 Å². The summed E-state index contributed by atoms with van der Waals surface area (Å²) in [6.07, 6.45) is 2.86. The number of carbonyl (C=O) groups excluding carboxylic acids is 1. The minimum absolute atomic E-state index is 0.120. The number of likely N-dealkylation sites (N-methyl/N-ethyl adjacent to an activating group) is 1. The highest BCUT2D eigenvalue weighted by atomic mass is 35.5. The van der Waals surface area contributed by atoms with Crippen molar-refractivity contribution in [2.75, 3.05) is 38.1 Å². The lowest BCUT2D eigenvalue weighted by Gasteiger charge is -2.41. The quantitative estimate of drug-likeness (QED) is 0.832. The Kier molecular flexibility index (Phi) is 5.61. The Bertz CT molecular complexity index is 841. The van der Waals surface area contributed by atoms with Gasteiger partial charge in [-0.25, -0.2) is 0 Å². The molecule has 2 aromatic rings. The predicted molar refractivity (Wildman–Crippen MR) is 115 cm³/mol. The molecule has 4 nitrogen and oxygen atoms in total. The molecule has 2 fully saturated rings. The average Bonchev–Trinajstić information content (AvgIpc) is 2.66. The van der Waals surface area contributed by atoms with Gasteiger partial charge in [0.25, 0.3) is 0 Å². The van der Waals surface area contributed by atoms with Crippen LogP contribution in [0.3, 0.4) is 0 Å². The monoisotopic (exact) mass is 397 g/mol. The average molecular weight is 398 g/mol. The number of benzene rings is 2. The number of para-hydroxylation sites is 1. The standard InChI is InChI=1S/C23H28ClN3O/c1-26-12-14-27(15-13-26)21-9-3-2-6-18(21)17-25-22(28)23(10-5-11-23)19-7-4-8-20(24)16-19/h2-4,6-9,16H,5,10-15,17H2,1H3,(H,25,28). The van der Waals surface area contributed by atoms with Gasteiger partial charge in [-0.2, -0.15) is 0 Å². The van der Waals surface area contributed by atoms with Crippen LogP contribution in [0.15, 0.2) is 48.5 Å². The molecule has 1 N–H and O–H groups in total. The maximum Gasteiger partial charge on any atom is 0.230 e. The number of carbonyl (C=O) groups is 1. The normalized spacial score (nSPS) is 19.1. The molecular weight excluding hydrogens is 370 g/mol. The first-order chi connectivity index (χ1) is 13.6. The molecule has 0 aromatic heterocycles. The van der Waals surface area contributed by atoms with E-state index in [1.165, 1.54) is 11.3 Å². The lowest BCUT2D eigenvalue weighted by molar-refractivity contribution is -0.130. The second-order valence-corrected chi connectivity index (χ2v) is 8.48. The molecule has 0 spiro atoms. The van der Waals surface area contributed by atoms with E-state index < -0.39 is 5.41 Å². The molecule has 0 atom stereocenters. The van der Waals surface area contributed by atoms with E-state index in [2.05, 4.69) is 46.4 Å². The van der Waals surface area contributed by atoms with Crippen LogP contribution in [0.25, 0.3) is 0 Å². The maximum absolute atomic E-state index is 13.2. The number of hydrogen-bond donors (Lipinski definition) is 1. The Morgan fingerprint density at radius 3 is 2.50 bits per heavy atom. The number of piperazine rings is 1. The van der Waals surface area contributed by atoms with Crippen LogP contribution < -0.4 is 10.2 Å². The molecule has 148 valence electrons. The van der Waals surface area contributed by atoms with Crippen LogP contribution in [-0.4, -0.2) is 44.0 Å². The molecule has 1 saturated carbocycles. The fourth-order valence-corrected chi connectivity index (χ4v) is 4.51. The summed E-state index contributed by atoms with van der Waals surface area (Å²) in [6, 6.07) is 16.2. The summed E-state index contributed by atoms with van der Waals surface area (Å²) in [7, 11) is 2.16. The lowest BCUT2D eigenvalue weighted by Crippen LogP contribution is -2.49. The van der Waals surface area contributed by atoms with E-state index in [1.807, 2.05) is 24.3 Å². The van der Waals surface area contributed by atoms with Crippen molar-refractivity contribution in [3.63, 3.8) is 0 Å². The van der Waals surface area contributed by atoms with E-state index in [9.17, 15) is 4.79 Å². The van der Waals surface area contributed by atoms with Crippen molar-refractivity contribution in [3.05, 3.63) is 64.7 Å². The summed E-state index contributed by atoms with van der Waals surface area (Å²) in [5, 5.41) is 3.92. The second kappa shape index (κ2) is 8.14. The third kappa shape index (κ3) is 3.76. The Hall–Kier alpha value is -2.04. The number of nitrogens with zero attached hydrogens (tertiary/aromatic N) is 2. The van der Waals surface area contributed by atoms with Gasteiger partial charge < -0.3 is 15.1 Å². The van der Waals surface area contributed by atoms with Gasteiger partial charge in [0.15, 0.2) is 0 Å². The molecule has 5 heteroatoms. The Balaban J connectivity index is 1.48. The summed E-state index contributed by atoms with van der Waals surface area (Å²) in [4.78, 5) is 18.0. The first-order valence-corrected chi connectivity index (χ1v) is 10.5. The van der Waals surface area contributed by atoms with Gasteiger partial charge in [0.1, 0.15) is 0 Å². The van der Waals surface area contributed by atoms with Crippen LogP contribution >= 0.6 is 11.6 Å². The van der Waals surface area contributed by atoms with Crippen molar-refractivity contribution in [1.82, 2.24) is 10.2 Å². The summed E-state index contributed by atoms with van der Waals surface area (Å²) in [5.74, 6) is 0.120. The Labute approximate surface area is 172 Å². The summed E-state index contributed by atoms with van der Waals surface area (Å²) < 4.78 is 0. The van der Waals surface area contributed by atoms with Crippen molar-refractivity contribution >= 4 is 23.2 Å². The highest BCUT2D eigenvalue weighted by Gasteiger charge is 2.45. The van der Waals surface area contributed by atoms with Crippen molar-refractivity contribution in [3.8, 4) is 0 Å². The van der Waals surface area contributed by atoms with Crippen molar-refractivity contribution in [2.45, 2.75) is 31.2 Å². The fraction of sp³-hybridized carbons (Fsp3) is 0.435. The van der Waals surface area contributed by atoms with Gasteiger partial charge in [-0.05, 0) is 49.2 Å². The molecule has 1 aliphatic heterocycles. The van der Waals surface area contributed by atoms with Gasteiger partial charge >= 0.3 is 0 Å². The molecular formula is C23H28ClN3O. The molecule has 1 aliphatic carbocycles. The first kappa shape index (κ1) is 19.3. The SMILES string of the molecule is CN1CCN(c2ccccc2CNC(=O)C2(c3cccc(Cl)c3)CCC2)CC1. The van der Waals surface area contributed by atoms with Gasteiger partial charge in [0.05, 0.1) is 5.41 Å². The van der Waals surface area contributed by atoms with Gasteiger partial charge in [-0.1, -0.05) is 48.4 Å². The van der Waals surface area contributed by atoms with Crippen molar-refractivity contribution in [2.24, 2.45) is 0 Å². The van der Waals surface area contributed by atoms with E-state index in [0.29, 0.717) is 11.6 Å². The minimum atomic E-state index is -0.423. The molecule has 0 radical (unpaired) electrons. The molecule has 28 heavy (non-hydrogen) atoms. The van der Waals surface area contributed by atoms with E-state index in [4.69, 9.17) is 11.6 Å². The number of halogens is 1. The molecule has 0 unspecified atom stereocenters. The number of amides is 1. The van der Waals surface area contributed by atoms with Crippen molar-refractivity contribution < 1.29 is 4.79 Å².